The van der Waals surface area contributed by atoms with Crippen molar-refractivity contribution in [3.05, 3.63) is 24.0 Å². The molecule has 0 aliphatic carbocycles. The molecule has 0 atom stereocenters. The number of nitrogens with one attached hydrogen (secondary N) is 1. The minimum absolute atomic E-state index is 0.290. The molecule has 0 saturated carbocycles. The number of anilines is 2. The van der Waals surface area contributed by atoms with Crippen LogP contribution in [0.25, 0.3) is 0 Å². The predicted octanol–water partition coefficient (Wildman–Crippen LogP) is 3.26. The summed E-state index contributed by atoms with van der Waals surface area (Å²) in [6.07, 6.45) is 2.27. The highest BCUT2D eigenvalue weighted by molar-refractivity contribution is 5.54. The van der Waals surface area contributed by atoms with Crippen LogP contribution >= 0.6 is 0 Å². The van der Waals surface area contributed by atoms with Gasteiger partial charge in [-0.25, -0.2) is 4.39 Å². The van der Waals surface area contributed by atoms with Gasteiger partial charge < -0.3 is 11.1 Å². The van der Waals surface area contributed by atoms with E-state index in [4.69, 9.17) is 5.73 Å². The number of hydrogen-bond donors (Lipinski definition) is 2. The Hall–Kier alpha value is -1.25. The third-order valence-corrected chi connectivity index (χ3v) is 2.67. The summed E-state index contributed by atoms with van der Waals surface area (Å²) in [5.41, 5.74) is 6.77. The van der Waals surface area contributed by atoms with Crippen molar-refractivity contribution in [3.8, 4) is 0 Å². The lowest BCUT2D eigenvalue weighted by Crippen LogP contribution is -2.12. The molecule has 3 N–H and O–H groups in total. The van der Waals surface area contributed by atoms with Gasteiger partial charge in [-0.05, 0) is 24.1 Å². The van der Waals surface area contributed by atoms with Crippen LogP contribution in [0.2, 0.25) is 0 Å². The Morgan fingerprint density at radius 3 is 2.47 bits per heavy atom. The summed E-state index contributed by atoms with van der Waals surface area (Å²) in [6, 6.07) is 4.55. The van der Waals surface area contributed by atoms with E-state index in [2.05, 4.69) is 19.2 Å². The number of nitrogen functional groups attached to an aromatic ring is 1. The van der Waals surface area contributed by atoms with Crippen LogP contribution in [0.15, 0.2) is 18.2 Å². The van der Waals surface area contributed by atoms with E-state index in [9.17, 15) is 4.39 Å². The molecular weight excluding hydrogens is 191 g/mol. The zero-order chi connectivity index (χ0) is 11.3. The number of benzene rings is 1. The largest absolute Gasteiger partial charge is 0.399 e. The molecule has 84 valence electrons. The van der Waals surface area contributed by atoms with Gasteiger partial charge in [0, 0.05) is 17.9 Å². The average Bonchev–Trinajstić information content (AvgIpc) is 2.18. The quantitative estimate of drug-likeness (QED) is 0.732. The highest BCUT2D eigenvalue weighted by Crippen LogP contribution is 2.17. The highest BCUT2D eigenvalue weighted by Gasteiger charge is 2.03. The number of hydrogen-bond acceptors (Lipinski definition) is 2. The molecule has 0 unspecified atom stereocenters. The van der Waals surface area contributed by atoms with Crippen molar-refractivity contribution in [2.24, 2.45) is 5.92 Å². The minimum atomic E-state index is -0.290. The molecule has 0 radical (unpaired) electrons. The van der Waals surface area contributed by atoms with Gasteiger partial charge in [0.05, 0.1) is 0 Å². The Bertz CT molecular complexity index is 288. The first kappa shape index (κ1) is 11.8. The van der Waals surface area contributed by atoms with Crippen LogP contribution < -0.4 is 11.1 Å². The van der Waals surface area contributed by atoms with E-state index < -0.39 is 0 Å². The van der Waals surface area contributed by atoms with E-state index in [1.807, 2.05) is 0 Å². The molecule has 0 aliphatic heterocycles. The molecule has 0 fully saturated rings. The standard InChI is InChI=1S/C12H19FN2/c1-3-9(4-2)8-15-12-6-10(13)5-11(14)7-12/h5-7,9,15H,3-4,8,14H2,1-2H3. The topological polar surface area (TPSA) is 38.0 Å². The van der Waals surface area contributed by atoms with Gasteiger partial charge in [0.2, 0.25) is 0 Å². The van der Waals surface area contributed by atoms with Crippen LogP contribution in [0.3, 0.4) is 0 Å². The molecule has 1 rings (SSSR count). The fraction of sp³-hybridized carbons (Fsp3) is 0.500. The predicted molar refractivity (Wildman–Crippen MR) is 63.4 cm³/mol. The maximum absolute atomic E-state index is 13.0. The molecule has 2 nitrogen and oxygen atoms in total. The summed E-state index contributed by atoms with van der Waals surface area (Å²) in [4.78, 5) is 0. The second kappa shape index (κ2) is 5.59. The Morgan fingerprint density at radius 2 is 1.93 bits per heavy atom. The van der Waals surface area contributed by atoms with Gasteiger partial charge in [0.15, 0.2) is 0 Å². The Labute approximate surface area is 90.7 Å². The number of nitrogens with two attached hydrogens (primary N) is 1. The molecule has 0 heterocycles. The lowest BCUT2D eigenvalue weighted by Gasteiger charge is -2.14. The van der Waals surface area contributed by atoms with Crippen LogP contribution in [-0.4, -0.2) is 6.54 Å². The zero-order valence-electron chi connectivity index (χ0n) is 9.39. The first-order valence-corrected chi connectivity index (χ1v) is 5.45. The minimum Gasteiger partial charge on any atom is -0.399 e. The molecule has 1 aromatic rings. The summed E-state index contributed by atoms with van der Waals surface area (Å²) in [5, 5.41) is 3.21. The molecule has 3 heteroatoms. The number of rotatable bonds is 5. The second-order valence-corrected chi connectivity index (χ2v) is 3.84. The molecule has 0 spiro atoms. The van der Waals surface area contributed by atoms with Gasteiger partial charge in [-0.3, -0.25) is 0 Å². The molecule has 0 saturated heterocycles. The van der Waals surface area contributed by atoms with Gasteiger partial charge in [0.25, 0.3) is 0 Å². The smallest absolute Gasteiger partial charge is 0.127 e. The first-order valence-electron chi connectivity index (χ1n) is 5.45. The summed E-state index contributed by atoms with van der Waals surface area (Å²) in [6.45, 7) is 5.20. The van der Waals surface area contributed by atoms with Gasteiger partial charge in [-0.1, -0.05) is 26.7 Å². The highest BCUT2D eigenvalue weighted by atomic mass is 19.1. The summed E-state index contributed by atoms with van der Waals surface area (Å²) < 4.78 is 13.0. The Balaban J connectivity index is 2.57. The molecule has 0 aliphatic rings. The van der Waals surface area contributed by atoms with Crippen LogP contribution in [-0.2, 0) is 0 Å². The zero-order valence-corrected chi connectivity index (χ0v) is 9.39. The maximum Gasteiger partial charge on any atom is 0.127 e. The van der Waals surface area contributed by atoms with Crippen LogP contribution in [0.4, 0.5) is 15.8 Å². The number of halogens is 1. The SMILES string of the molecule is CCC(CC)CNc1cc(N)cc(F)c1. The van der Waals surface area contributed by atoms with E-state index in [-0.39, 0.29) is 5.82 Å². The van der Waals surface area contributed by atoms with Crippen molar-refractivity contribution in [1.29, 1.82) is 0 Å². The fourth-order valence-electron chi connectivity index (χ4n) is 1.55. The van der Waals surface area contributed by atoms with E-state index in [0.29, 0.717) is 11.6 Å². The maximum atomic E-state index is 13.0. The fourth-order valence-corrected chi connectivity index (χ4v) is 1.55. The molecule has 0 amide bonds. The molecule has 1 aromatic carbocycles. The van der Waals surface area contributed by atoms with E-state index in [1.165, 1.54) is 12.1 Å². The van der Waals surface area contributed by atoms with E-state index in [0.717, 1.165) is 25.1 Å². The van der Waals surface area contributed by atoms with Crippen molar-refractivity contribution in [1.82, 2.24) is 0 Å². The molecule has 0 aromatic heterocycles. The van der Waals surface area contributed by atoms with Crippen LogP contribution in [0.5, 0.6) is 0 Å². The van der Waals surface area contributed by atoms with E-state index in [1.54, 1.807) is 6.07 Å². The van der Waals surface area contributed by atoms with E-state index >= 15 is 0 Å². The van der Waals surface area contributed by atoms with Gasteiger partial charge in [-0.15, -0.1) is 0 Å². The third kappa shape index (κ3) is 3.78. The van der Waals surface area contributed by atoms with Crippen molar-refractivity contribution < 1.29 is 4.39 Å². The summed E-state index contributed by atoms with van der Waals surface area (Å²) in [7, 11) is 0. The molecular formula is C12H19FN2. The van der Waals surface area contributed by atoms with Gasteiger partial charge in [-0.2, -0.15) is 0 Å². The Kier molecular flexibility index (Phi) is 4.40. The van der Waals surface area contributed by atoms with Gasteiger partial charge in [0.1, 0.15) is 5.82 Å². The lowest BCUT2D eigenvalue weighted by atomic mass is 10.0. The van der Waals surface area contributed by atoms with Gasteiger partial charge >= 0.3 is 0 Å². The van der Waals surface area contributed by atoms with Crippen molar-refractivity contribution in [3.63, 3.8) is 0 Å². The lowest BCUT2D eigenvalue weighted by molar-refractivity contribution is 0.519. The molecule has 15 heavy (non-hydrogen) atoms. The van der Waals surface area contributed by atoms with Crippen LogP contribution in [0.1, 0.15) is 26.7 Å². The normalized spacial score (nSPS) is 10.7. The average molecular weight is 210 g/mol. The van der Waals surface area contributed by atoms with Crippen LogP contribution in [0, 0.1) is 11.7 Å². The van der Waals surface area contributed by atoms with Crippen molar-refractivity contribution in [2.45, 2.75) is 26.7 Å². The second-order valence-electron chi connectivity index (χ2n) is 3.84. The molecule has 0 bridgehead atoms. The first-order chi connectivity index (χ1) is 7.15. The Morgan fingerprint density at radius 1 is 1.27 bits per heavy atom. The third-order valence-electron chi connectivity index (χ3n) is 2.67. The van der Waals surface area contributed by atoms with Crippen molar-refractivity contribution in [2.75, 3.05) is 17.6 Å². The van der Waals surface area contributed by atoms with Crippen molar-refractivity contribution >= 4 is 11.4 Å². The summed E-state index contributed by atoms with van der Waals surface area (Å²) in [5.74, 6) is 0.344. The summed E-state index contributed by atoms with van der Waals surface area (Å²) >= 11 is 0. The monoisotopic (exact) mass is 210 g/mol.